The van der Waals surface area contributed by atoms with Crippen LogP contribution in [0.5, 0.6) is 0 Å². The lowest BCUT2D eigenvalue weighted by Crippen LogP contribution is -2.33. The summed E-state index contributed by atoms with van der Waals surface area (Å²) in [4.78, 5) is 13.6. The van der Waals surface area contributed by atoms with Gasteiger partial charge in [-0.25, -0.2) is 0 Å². The first-order valence-corrected chi connectivity index (χ1v) is 8.57. The molecule has 22 heavy (non-hydrogen) atoms. The maximum absolute atomic E-state index is 12.7. The Labute approximate surface area is 141 Å². The molecule has 0 bridgehead atoms. The van der Waals surface area contributed by atoms with Gasteiger partial charge in [0, 0.05) is 33.1 Å². The van der Waals surface area contributed by atoms with Crippen LogP contribution in [0.4, 0.5) is 0 Å². The Hall–Kier alpha value is -1.58. The van der Waals surface area contributed by atoms with Crippen molar-refractivity contribution in [2.75, 3.05) is 0 Å². The van der Waals surface area contributed by atoms with Gasteiger partial charge in [-0.1, -0.05) is 13.8 Å². The second-order valence-electron chi connectivity index (χ2n) is 6.37. The Morgan fingerprint density at radius 3 is 2.82 bits per heavy atom. The predicted octanol–water partition coefficient (Wildman–Crippen LogP) is 3.96. The summed E-state index contributed by atoms with van der Waals surface area (Å²) in [7, 11) is 0. The van der Waals surface area contributed by atoms with Crippen molar-refractivity contribution >= 4 is 33.0 Å². The third-order valence-electron chi connectivity index (χ3n) is 3.95. The predicted molar refractivity (Wildman–Crippen MR) is 87.7 cm³/mol. The Morgan fingerprint density at radius 2 is 2.23 bits per heavy atom. The highest BCUT2D eigenvalue weighted by Gasteiger charge is 2.43. The Bertz CT molecular complexity index is 767. The molecule has 1 aliphatic heterocycles. The normalized spacial score (nSPS) is 23.9. The summed E-state index contributed by atoms with van der Waals surface area (Å²) in [5.74, 6) is 0.364. The number of nitrogens with two attached hydrogens (primary N) is 1. The van der Waals surface area contributed by atoms with Crippen LogP contribution < -0.4 is 5.73 Å². The Morgan fingerprint density at radius 1 is 1.50 bits per heavy atom. The van der Waals surface area contributed by atoms with Crippen LogP contribution in [-0.2, 0) is 9.53 Å². The fourth-order valence-electron chi connectivity index (χ4n) is 3.05. The third kappa shape index (κ3) is 2.49. The number of hydrogen-bond donors (Lipinski definition) is 1. The number of nitriles is 1. The number of rotatable bonds is 1. The number of carbonyl (C=O) groups excluding carboxylic acids is 1. The van der Waals surface area contributed by atoms with Crippen LogP contribution >= 0.6 is 27.3 Å². The van der Waals surface area contributed by atoms with Crippen LogP contribution in [0.15, 0.2) is 38.7 Å². The molecule has 1 aromatic heterocycles. The fourth-order valence-corrected chi connectivity index (χ4v) is 4.61. The van der Waals surface area contributed by atoms with E-state index in [4.69, 9.17) is 10.5 Å². The maximum atomic E-state index is 12.7. The number of Topliss-reactive ketones (excluding diaryl/α,β-unsaturated/α-hetero) is 1. The van der Waals surface area contributed by atoms with Crippen molar-refractivity contribution in [1.82, 2.24) is 0 Å². The highest BCUT2D eigenvalue weighted by molar-refractivity contribution is 9.10. The molecule has 6 heteroatoms. The van der Waals surface area contributed by atoms with E-state index in [9.17, 15) is 10.1 Å². The summed E-state index contributed by atoms with van der Waals surface area (Å²) < 4.78 is 6.58. The lowest BCUT2D eigenvalue weighted by Gasteiger charge is -2.36. The first-order valence-electron chi connectivity index (χ1n) is 6.90. The van der Waals surface area contributed by atoms with Gasteiger partial charge in [-0.2, -0.15) is 5.26 Å². The molecule has 2 N–H and O–H groups in total. The number of ether oxygens (including phenoxy) is 1. The van der Waals surface area contributed by atoms with E-state index in [1.807, 2.05) is 25.3 Å². The third-order valence-corrected chi connectivity index (χ3v) is 5.71. The second-order valence-corrected chi connectivity index (χ2v) is 8.23. The number of nitrogens with zero attached hydrogens (tertiary/aromatic N) is 1. The molecule has 1 aliphatic carbocycles. The molecule has 0 amide bonds. The summed E-state index contributed by atoms with van der Waals surface area (Å²) in [5.41, 5.74) is 6.71. The molecule has 0 aromatic carbocycles. The van der Waals surface area contributed by atoms with E-state index in [1.165, 1.54) is 11.3 Å². The van der Waals surface area contributed by atoms with Gasteiger partial charge in [0.1, 0.15) is 17.4 Å². The molecule has 0 spiro atoms. The molecule has 0 saturated heterocycles. The van der Waals surface area contributed by atoms with Gasteiger partial charge in [-0.3, -0.25) is 4.79 Å². The number of thiophene rings is 1. The standard InChI is InChI=1S/C16H15BrN2O2S/c1-16(2)4-10(20)14-11(5-16)21-15(19)9(6-18)13(14)12-3-8(17)7-22-12/h3,7,13H,4-5,19H2,1-2H3. The Balaban J connectivity index is 2.17. The quantitative estimate of drug-likeness (QED) is 0.801. The second kappa shape index (κ2) is 5.25. The molecule has 2 aliphatic rings. The van der Waals surface area contributed by atoms with Crippen LogP contribution in [0.1, 0.15) is 37.5 Å². The lowest BCUT2D eigenvalue weighted by atomic mass is 9.71. The average molecular weight is 379 g/mol. The van der Waals surface area contributed by atoms with Crippen molar-refractivity contribution in [2.45, 2.75) is 32.6 Å². The largest absolute Gasteiger partial charge is 0.444 e. The lowest BCUT2D eigenvalue weighted by molar-refractivity contribution is -0.119. The van der Waals surface area contributed by atoms with E-state index in [0.717, 1.165) is 9.35 Å². The zero-order valence-electron chi connectivity index (χ0n) is 12.3. The minimum Gasteiger partial charge on any atom is -0.444 e. The molecular weight excluding hydrogens is 364 g/mol. The summed E-state index contributed by atoms with van der Waals surface area (Å²) >= 11 is 4.93. The van der Waals surface area contributed by atoms with Crippen molar-refractivity contribution in [3.8, 4) is 6.07 Å². The fraction of sp³-hybridized carbons (Fsp3) is 0.375. The Kier molecular flexibility index (Phi) is 3.66. The molecular formula is C16H15BrN2O2S. The molecule has 3 rings (SSSR count). The number of ketones is 1. The van der Waals surface area contributed by atoms with Crippen LogP contribution in [0.3, 0.4) is 0 Å². The molecule has 114 valence electrons. The van der Waals surface area contributed by atoms with E-state index >= 15 is 0 Å². The van der Waals surface area contributed by atoms with Crippen LogP contribution in [0.2, 0.25) is 0 Å². The zero-order chi connectivity index (χ0) is 16.1. The van der Waals surface area contributed by atoms with Crippen molar-refractivity contribution in [2.24, 2.45) is 11.1 Å². The van der Waals surface area contributed by atoms with E-state index < -0.39 is 5.92 Å². The molecule has 1 atom stereocenters. The number of hydrogen-bond acceptors (Lipinski definition) is 5. The van der Waals surface area contributed by atoms with E-state index in [-0.39, 0.29) is 17.1 Å². The highest BCUT2D eigenvalue weighted by Crippen LogP contribution is 2.49. The summed E-state index contributed by atoms with van der Waals surface area (Å²) in [6.07, 6.45) is 1.10. The number of allylic oxidation sites excluding steroid dienone is 3. The van der Waals surface area contributed by atoms with E-state index in [2.05, 4.69) is 22.0 Å². The van der Waals surface area contributed by atoms with Gasteiger partial charge in [0.05, 0.1) is 5.92 Å². The highest BCUT2D eigenvalue weighted by atomic mass is 79.9. The molecule has 2 heterocycles. The van der Waals surface area contributed by atoms with Gasteiger partial charge in [0.25, 0.3) is 0 Å². The number of carbonyl (C=O) groups is 1. The summed E-state index contributed by atoms with van der Waals surface area (Å²) in [6.45, 7) is 4.07. The molecule has 1 aromatic rings. The van der Waals surface area contributed by atoms with Crippen LogP contribution in [0.25, 0.3) is 0 Å². The van der Waals surface area contributed by atoms with E-state index in [0.29, 0.717) is 29.7 Å². The monoisotopic (exact) mass is 378 g/mol. The molecule has 0 saturated carbocycles. The van der Waals surface area contributed by atoms with Crippen molar-refractivity contribution in [1.29, 1.82) is 5.26 Å². The van der Waals surface area contributed by atoms with E-state index in [1.54, 1.807) is 0 Å². The molecule has 0 radical (unpaired) electrons. The number of halogens is 1. The van der Waals surface area contributed by atoms with Gasteiger partial charge >= 0.3 is 0 Å². The SMILES string of the molecule is CC1(C)CC(=O)C2=C(C1)OC(N)=C(C#N)C2c1cc(Br)cs1. The van der Waals surface area contributed by atoms with Crippen molar-refractivity contribution in [3.63, 3.8) is 0 Å². The average Bonchev–Trinajstić information content (AvgIpc) is 2.82. The van der Waals surface area contributed by atoms with Gasteiger partial charge in [-0.05, 0) is 27.4 Å². The minimum absolute atomic E-state index is 0.0426. The van der Waals surface area contributed by atoms with Gasteiger partial charge in [0.15, 0.2) is 5.78 Å². The van der Waals surface area contributed by atoms with Gasteiger partial charge in [0.2, 0.25) is 5.88 Å². The van der Waals surface area contributed by atoms with Crippen LogP contribution in [0, 0.1) is 16.7 Å². The molecule has 4 nitrogen and oxygen atoms in total. The van der Waals surface area contributed by atoms with Gasteiger partial charge < -0.3 is 10.5 Å². The summed E-state index contributed by atoms with van der Waals surface area (Å²) in [6, 6.07) is 4.05. The zero-order valence-corrected chi connectivity index (χ0v) is 14.7. The molecule has 0 fully saturated rings. The molecule has 1 unspecified atom stereocenters. The van der Waals surface area contributed by atoms with Crippen molar-refractivity contribution in [3.05, 3.63) is 43.6 Å². The first-order chi connectivity index (χ1) is 10.3. The summed E-state index contributed by atoms with van der Waals surface area (Å²) in [5, 5.41) is 11.4. The van der Waals surface area contributed by atoms with Crippen LogP contribution in [-0.4, -0.2) is 5.78 Å². The minimum atomic E-state index is -0.409. The maximum Gasteiger partial charge on any atom is 0.205 e. The smallest absolute Gasteiger partial charge is 0.205 e. The van der Waals surface area contributed by atoms with Gasteiger partial charge in [-0.15, -0.1) is 11.3 Å². The first kappa shape index (κ1) is 15.3. The topological polar surface area (TPSA) is 76.1 Å². The van der Waals surface area contributed by atoms with Crippen molar-refractivity contribution < 1.29 is 9.53 Å².